The molecule has 0 fully saturated rings. The molecule has 0 bridgehead atoms. The first-order valence-electron chi connectivity index (χ1n) is 9.08. The molecule has 29 heavy (non-hydrogen) atoms. The van der Waals surface area contributed by atoms with Crippen LogP contribution in [0.3, 0.4) is 0 Å². The van der Waals surface area contributed by atoms with Crippen molar-refractivity contribution in [1.29, 1.82) is 0 Å². The summed E-state index contributed by atoms with van der Waals surface area (Å²) >= 11 is 1.57. The van der Waals surface area contributed by atoms with E-state index in [1.165, 1.54) is 0 Å². The fraction of sp³-hybridized carbons (Fsp3) is 0.238. The second-order valence-corrected chi connectivity index (χ2v) is 7.30. The van der Waals surface area contributed by atoms with Gasteiger partial charge in [-0.2, -0.15) is 11.8 Å². The Kier molecular flexibility index (Phi) is 7.02. The summed E-state index contributed by atoms with van der Waals surface area (Å²) in [6.07, 6.45) is 2.35. The van der Waals surface area contributed by atoms with Crippen molar-refractivity contribution >= 4 is 34.5 Å². The highest BCUT2D eigenvalue weighted by molar-refractivity contribution is 7.98. The number of hydrogen-bond donors (Lipinski definition) is 2. The number of aromatic nitrogens is 2. The lowest BCUT2D eigenvalue weighted by Gasteiger charge is -2.17. The summed E-state index contributed by atoms with van der Waals surface area (Å²) in [6.45, 7) is -0.185. The summed E-state index contributed by atoms with van der Waals surface area (Å²) in [7, 11) is 0. The molecule has 2 N–H and O–H groups in total. The van der Waals surface area contributed by atoms with Crippen LogP contribution in [-0.2, 0) is 16.1 Å². The van der Waals surface area contributed by atoms with Crippen LogP contribution in [0, 0.1) is 0 Å². The van der Waals surface area contributed by atoms with Crippen molar-refractivity contribution in [3.8, 4) is 0 Å². The van der Waals surface area contributed by atoms with Gasteiger partial charge in [0.05, 0.1) is 10.9 Å². The van der Waals surface area contributed by atoms with E-state index < -0.39 is 12.0 Å². The number of carbonyl (C=O) groups excluding carboxylic acids is 2. The predicted octanol–water partition coefficient (Wildman–Crippen LogP) is 2.52. The third kappa shape index (κ3) is 5.45. The molecule has 0 aliphatic rings. The molecule has 1 aromatic heterocycles. The number of nitrogens with zero attached hydrogens (tertiary/aromatic N) is 1. The smallest absolute Gasteiger partial charge is 0.329 e. The van der Waals surface area contributed by atoms with Crippen molar-refractivity contribution in [2.24, 2.45) is 0 Å². The number of esters is 1. The molecule has 0 saturated carbocycles. The van der Waals surface area contributed by atoms with Gasteiger partial charge in [0, 0.05) is 5.56 Å². The maximum Gasteiger partial charge on any atom is 0.329 e. The van der Waals surface area contributed by atoms with E-state index in [1.54, 1.807) is 60.3 Å². The molecule has 2 aromatic carbocycles. The number of para-hydroxylation sites is 1. The van der Waals surface area contributed by atoms with Gasteiger partial charge in [0.2, 0.25) is 0 Å². The van der Waals surface area contributed by atoms with Crippen LogP contribution in [0.15, 0.2) is 59.4 Å². The number of carbonyl (C=O) groups is 2. The highest BCUT2D eigenvalue weighted by Crippen LogP contribution is 2.09. The Balaban J connectivity index is 1.68. The van der Waals surface area contributed by atoms with Crippen molar-refractivity contribution in [2.75, 3.05) is 12.0 Å². The van der Waals surface area contributed by atoms with Crippen LogP contribution >= 0.6 is 11.8 Å². The largest absolute Gasteiger partial charge is 0.456 e. The molecule has 150 valence electrons. The summed E-state index contributed by atoms with van der Waals surface area (Å²) < 4.78 is 5.33. The molecular weight excluding hydrogens is 390 g/mol. The standard InChI is InChI=1S/C21H21N3O4S/c1-29-12-11-17(23-19(25)14-7-3-2-4-8-14)21(27)28-13-18-22-16-10-6-5-9-15(16)20(26)24-18/h2-10,17H,11-13H2,1H3,(H,23,25)(H,22,24,26)/t17-/m0/s1. The summed E-state index contributed by atoms with van der Waals surface area (Å²) in [4.78, 5) is 44.0. The summed E-state index contributed by atoms with van der Waals surface area (Å²) in [5.74, 6) is 0.0185. The van der Waals surface area contributed by atoms with E-state index in [0.29, 0.717) is 28.6 Å². The third-order valence-electron chi connectivity index (χ3n) is 4.25. The number of rotatable bonds is 8. The second kappa shape index (κ2) is 9.88. The number of aromatic amines is 1. The summed E-state index contributed by atoms with van der Waals surface area (Å²) in [6, 6.07) is 14.8. The first-order chi connectivity index (χ1) is 14.1. The molecular formula is C21H21N3O4S. The highest BCUT2D eigenvalue weighted by atomic mass is 32.2. The Labute approximate surface area is 171 Å². The molecule has 0 aliphatic heterocycles. The molecule has 1 atom stereocenters. The highest BCUT2D eigenvalue weighted by Gasteiger charge is 2.23. The van der Waals surface area contributed by atoms with E-state index in [2.05, 4.69) is 15.3 Å². The lowest BCUT2D eigenvalue weighted by atomic mass is 10.1. The van der Waals surface area contributed by atoms with Crippen molar-refractivity contribution < 1.29 is 14.3 Å². The van der Waals surface area contributed by atoms with E-state index in [4.69, 9.17) is 4.74 Å². The lowest BCUT2D eigenvalue weighted by Crippen LogP contribution is -2.42. The quantitative estimate of drug-likeness (QED) is 0.553. The Morgan fingerprint density at radius 3 is 2.62 bits per heavy atom. The van der Waals surface area contributed by atoms with Crippen LogP contribution in [0.4, 0.5) is 0 Å². The summed E-state index contributed by atoms with van der Waals surface area (Å²) in [5, 5.41) is 3.19. The lowest BCUT2D eigenvalue weighted by molar-refractivity contribution is -0.147. The number of H-pyrrole nitrogens is 1. The zero-order chi connectivity index (χ0) is 20.6. The minimum atomic E-state index is -0.790. The number of amides is 1. The molecule has 0 saturated heterocycles. The van der Waals surface area contributed by atoms with E-state index in [9.17, 15) is 14.4 Å². The molecule has 1 amide bonds. The number of thioether (sulfide) groups is 1. The van der Waals surface area contributed by atoms with Gasteiger partial charge in [-0.15, -0.1) is 0 Å². The van der Waals surface area contributed by atoms with E-state index >= 15 is 0 Å². The average molecular weight is 411 g/mol. The second-order valence-electron chi connectivity index (χ2n) is 6.31. The topological polar surface area (TPSA) is 101 Å². The van der Waals surface area contributed by atoms with Crippen molar-refractivity contribution in [3.05, 3.63) is 76.3 Å². The van der Waals surface area contributed by atoms with Gasteiger partial charge < -0.3 is 15.0 Å². The van der Waals surface area contributed by atoms with E-state index in [1.807, 2.05) is 12.3 Å². The minimum Gasteiger partial charge on any atom is -0.456 e. The van der Waals surface area contributed by atoms with Gasteiger partial charge in [0.1, 0.15) is 18.5 Å². The number of ether oxygens (including phenoxy) is 1. The average Bonchev–Trinajstić information content (AvgIpc) is 2.75. The van der Waals surface area contributed by atoms with E-state index in [-0.39, 0.29) is 23.9 Å². The van der Waals surface area contributed by atoms with Crippen molar-refractivity contribution in [2.45, 2.75) is 19.1 Å². The number of benzene rings is 2. The normalized spacial score (nSPS) is 11.8. The fourth-order valence-electron chi connectivity index (χ4n) is 2.76. The predicted molar refractivity (Wildman–Crippen MR) is 113 cm³/mol. The Morgan fingerprint density at radius 1 is 1.14 bits per heavy atom. The van der Waals surface area contributed by atoms with Gasteiger partial charge >= 0.3 is 5.97 Å². The SMILES string of the molecule is CSCC[C@H](NC(=O)c1ccccc1)C(=O)OCc1nc2ccccc2c(=O)[nH]1. The van der Waals surface area contributed by atoms with Crippen LogP contribution in [0.2, 0.25) is 0 Å². The zero-order valence-corrected chi connectivity index (χ0v) is 16.7. The van der Waals surface area contributed by atoms with E-state index in [0.717, 1.165) is 0 Å². The maximum absolute atomic E-state index is 12.6. The maximum atomic E-state index is 12.6. The molecule has 0 aliphatic carbocycles. The van der Waals surface area contributed by atoms with Crippen LogP contribution in [0.25, 0.3) is 10.9 Å². The number of nitrogens with one attached hydrogen (secondary N) is 2. The van der Waals surface area contributed by atoms with Gasteiger partial charge in [-0.1, -0.05) is 30.3 Å². The van der Waals surface area contributed by atoms with Crippen LogP contribution in [0.1, 0.15) is 22.6 Å². The third-order valence-corrected chi connectivity index (χ3v) is 4.89. The van der Waals surface area contributed by atoms with Crippen LogP contribution < -0.4 is 10.9 Å². The minimum absolute atomic E-state index is 0.185. The van der Waals surface area contributed by atoms with Gasteiger partial charge in [-0.3, -0.25) is 9.59 Å². The van der Waals surface area contributed by atoms with Gasteiger partial charge in [0.25, 0.3) is 11.5 Å². The molecule has 8 heteroatoms. The van der Waals surface area contributed by atoms with Gasteiger partial charge in [-0.05, 0) is 42.7 Å². The molecule has 3 rings (SSSR count). The Morgan fingerprint density at radius 2 is 1.86 bits per heavy atom. The van der Waals surface area contributed by atoms with Crippen LogP contribution in [-0.4, -0.2) is 39.9 Å². The first-order valence-corrected chi connectivity index (χ1v) is 10.5. The molecule has 0 unspecified atom stereocenters. The first kappa shape index (κ1) is 20.6. The number of fused-ring (bicyclic) bond motifs is 1. The van der Waals surface area contributed by atoms with Crippen LogP contribution in [0.5, 0.6) is 0 Å². The Bertz CT molecular complexity index is 1050. The molecule has 7 nitrogen and oxygen atoms in total. The Hall–Kier alpha value is -3.13. The molecule has 0 spiro atoms. The van der Waals surface area contributed by atoms with Crippen molar-refractivity contribution in [3.63, 3.8) is 0 Å². The van der Waals surface area contributed by atoms with Gasteiger partial charge in [-0.25, -0.2) is 9.78 Å². The zero-order valence-electron chi connectivity index (χ0n) is 15.9. The molecule has 0 radical (unpaired) electrons. The van der Waals surface area contributed by atoms with Crippen molar-refractivity contribution in [1.82, 2.24) is 15.3 Å². The van der Waals surface area contributed by atoms with Gasteiger partial charge in [0.15, 0.2) is 0 Å². The number of hydrogen-bond acceptors (Lipinski definition) is 6. The monoisotopic (exact) mass is 411 g/mol. The summed E-state index contributed by atoms with van der Waals surface area (Å²) in [5.41, 5.74) is 0.701. The molecule has 1 heterocycles. The molecule has 3 aromatic rings. The fourth-order valence-corrected chi connectivity index (χ4v) is 3.23.